The molecule has 0 aliphatic heterocycles. The summed E-state index contributed by atoms with van der Waals surface area (Å²) in [6.07, 6.45) is 0.783. The Morgan fingerprint density at radius 3 is 2.46 bits per heavy atom. The van der Waals surface area contributed by atoms with Crippen LogP contribution in [-0.4, -0.2) is 20.4 Å². The van der Waals surface area contributed by atoms with E-state index >= 15 is 0 Å². The lowest BCUT2D eigenvalue weighted by Crippen LogP contribution is -2.33. The van der Waals surface area contributed by atoms with Gasteiger partial charge < -0.3 is 9.50 Å². The van der Waals surface area contributed by atoms with Gasteiger partial charge in [-0.1, -0.05) is 38.1 Å². The number of hydrogen-bond acceptors (Lipinski definition) is 5. The van der Waals surface area contributed by atoms with E-state index in [1.807, 2.05) is 6.92 Å². The number of urea groups is 1. The molecule has 2 N–H and O–H groups in total. The molecule has 138 valence electrons. The molecule has 0 aliphatic rings. The fourth-order valence-electron chi connectivity index (χ4n) is 2.15. The number of hydrogen-bond donors (Lipinski definition) is 2. The van der Waals surface area contributed by atoms with Crippen LogP contribution in [0.25, 0.3) is 0 Å². The molecule has 8 heteroatoms. The van der Waals surface area contributed by atoms with Gasteiger partial charge in [-0.05, 0) is 36.2 Å². The molecule has 0 unspecified atom stereocenters. The van der Waals surface area contributed by atoms with Crippen molar-refractivity contribution in [1.29, 1.82) is 0 Å². The van der Waals surface area contributed by atoms with Crippen LogP contribution in [0.5, 0.6) is 5.75 Å². The minimum atomic E-state index is -4.07. The third kappa shape index (κ3) is 5.06. The van der Waals surface area contributed by atoms with E-state index in [1.165, 1.54) is 24.3 Å². The van der Waals surface area contributed by atoms with Crippen LogP contribution < -0.4 is 14.8 Å². The molecule has 2 aromatic rings. The average molecular weight is 376 g/mol. The summed E-state index contributed by atoms with van der Waals surface area (Å²) < 4.78 is 30.3. The number of amides is 3. The SMILES string of the molecule is CCC(=O)NC(=O)Nc1cccc(S(=O)(=O)Oc2ccccc2CC)c1. The van der Waals surface area contributed by atoms with Crippen molar-refractivity contribution in [1.82, 2.24) is 5.32 Å². The maximum absolute atomic E-state index is 12.5. The first-order chi connectivity index (χ1) is 12.4. The lowest BCUT2D eigenvalue weighted by atomic mass is 10.1. The van der Waals surface area contributed by atoms with E-state index in [1.54, 1.807) is 31.2 Å². The van der Waals surface area contributed by atoms with Gasteiger partial charge in [0.15, 0.2) is 0 Å². The Morgan fingerprint density at radius 1 is 1.04 bits per heavy atom. The van der Waals surface area contributed by atoms with E-state index in [0.717, 1.165) is 5.56 Å². The van der Waals surface area contributed by atoms with Crippen molar-refractivity contribution in [2.45, 2.75) is 31.6 Å². The van der Waals surface area contributed by atoms with Gasteiger partial charge >= 0.3 is 16.1 Å². The molecular formula is C18H20N2O5S. The fraction of sp³-hybridized carbons (Fsp3) is 0.222. The highest BCUT2D eigenvalue weighted by Crippen LogP contribution is 2.24. The van der Waals surface area contributed by atoms with Crippen LogP contribution in [0.15, 0.2) is 53.4 Å². The van der Waals surface area contributed by atoms with E-state index in [9.17, 15) is 18.0 Å². The second-order valence-corrected chi connectivity index (χ2v) is 6.93. The molecule has 0 atom stereocenters. The largest absolute Gasteiger partial charge is 0.379 e. The van der Waals surface area contributed by atoms with Crippen LogP contribution in [0.4, 0.5) is 10.5 Å². The number of benzene rings is 2. The number of rotatable bonds is 6. The van der Waals surface area contributed by atoms with Gasteiger partial charge in [-0.3, -0.25) is 10.1 Å². The Kier molecular flexibility index (Phi) is 6.35. The van der Waals surface area contributed by atoms with Crippen molar-refractivity contribution in [2.75, 3.05) is 5.32 Å². The van der Waals surface area contributed by atoms with Gasteiger partial charge in [0.05, 0.1) is 0 Å². The van der Waals surface area contributed by atoms with Crippen molar-refractivity contribution in [3.05, 3.63) is 54.1 Å². The lowest BCUT2D eigenvalue weighted by molar-refractivity contribution is -0.119. The summed E-state index contributed by atoms with van der Waals surface area (Å²) in [5.41, 5.74) is 0.989. The van der Waals surface area contributed by atoms with Gasteiger partial charge in [-0.25, -0.2) is 4.79 Å². The zero-order valence-electron chi connectivity index (χ0n) is 14.5. The summed E-state index contributed by atoms with van der Waals surface area (Å²) in [5, 5.41) is 4.54. The molecule has 26 heavy (non-hydrogen) atoms. The first-order valence-electron chi connectivity index (χ1n) is 8.09. The predicted octanol–water partition coefficient (Wildman–Crippen LogP) is 3.07. The summed E-state index contributed by atoms with van der Waals surface area (Å²) in [4.78, 5) is 22.8. The van der Waals surface area contributed by atoms with Gasteiger partial charge in [0, 0.05) is 12.1 Å². The Bertz CT molecular complexity index is 909. The first kappa shape index (κ1) is 19.5. The number of para-hydroxylation sites is 1. The lowest BCUT2D eigenvalue weighted by Gasteiger charge is -2.11. The van der Waals surface area contributed by atoms with Crippen LogP contribution in [0.3, 0.4) is 0 Å². The highest BCUT2D eigenvalue weighted by Gasteiger charge is 2.19. The Balaban J connectivity index is 2.20. The number of aryl methyl sites for hydroxylation is 1. The monoisotopic (exact) mass is 376 g/mol. The number of anilines is 1. The highest BCUT2D eigenvalue weighted by molar-refractivity contribution is 7.87. The van der Waals surface area contributed by atoms with E-state index in [4.69, 9.17) is 4.18 Å². The second-order valence-electron chi connectivity index (χ2n) is 5.38. The van der Waals surface area contributed by atoms with Crippen LogP contribution >= 0.6 is 0 Å². The summed E-state index contributed by atoms with van der Waals surface area (Å²) in [6, 6.07) is 11.7. The molecule has 0 spiro atoms. The normalized spacial score (nSPS) is 10.8. The van der Waals surface area contributed by atoms with Crippen LogP contribution in [0, 0.1) is 0 Å². The van der Waals surface area contributed by atoms with E-state index in [0.29, 0.717) is 6.42 Å². The zero-order valence-corrected chi connectivity index (χ0v) is 15.3. The van der Waals surface area contributed by atoms with Crippen molar-refractivity contribution < 1.29 is 22.2 Å². The van der Waals surface area contributed by atoms with Crippen molar-refractivity contribution in [3.63, 3.8) is 0 Å². The predicted molar refractivity (Wildman–Crippen MR) is 97.5 cm³/mol. The number of imide groups is 1. The average Bonchev–Trinajstić information content (AvgIpc) is 2.62. The molecule has 3 amide bonds. The van der Waals surface area contributed by atoms with Gasteiger partial charge in [-0.15, -0.1) is 0 Å². The summed E-state index contributed by atoms with van der Waals surface area (Å²) in [7, 11) is -4.07. The standard InChI is InChI=1S/C18H20N2O5S/c1-3-13-8-5-6-11-16(13)25-26(23,24)15-10-7-9-14(12-15)19-18(22)20-17(21)4-2/h5-12H,3-4H2,1-2H3,(H2,19,20,21,22). The smallest absolute Gasteiger partial charge is 0.339 e. The topological polar surface area (TPSA) is 102 Å². The van der Waals surface area contributed by atoms with Crippen molar-refractivity contribution in [2.24, 2.45) is 0 Å². The number of carbonyl (C=O) groups is 2. The molecule has 2 rings (SSSR count). The number of nitrogens with one attached hydrogen (secondary N) is 2. The van der Waals surface area contributed by atoms with Gasteiger partial charge in [0.1, 0.15) is 10.6 Å². The summed E-state index contributed by atoms with van der Waals surface area (Å²) >= 11 is 0. The molecule has 0 saturated heterocycles. The molecule has 0 saturated carbocycles. The molecule has 2 aromatic carbocycles. The summed E-state index contributed by atoms with van der Waals surface area (Å²) in [5.74, 6) is -0.176. The van der Waals surface area contributed by atoms with Gasteiger partial charge in [0.2, 0.25) is 5.91 Å². The minimum absolute atomic E-state index is 0.108. The molecule has 0 aliphatic carbocycles. The molecule has 0 aromatic heterocycles. The van der Waals surface area contributed by atoms with Crippen LogP contribution in [0.2, 0.25) is 0 Å². The molecule has 0 radical (unpaired) electrons. The maximum Gasteiger partial charge on any atom is 0.339 e. The van der Waals surface area contributed by atoms with Crippen molar-refractivity contribution in [3.8, 4) is 5.75 Å². The third-order valence-electron chi connectivity index (χ3n) is 3.51. The second kappa shape index (κ2) is 8.48. The van der Waals surface area contributed by atoms with Crippen LogP contribution in [-0.2, 0) is 21.3 Å². The van der Waals surface area contributed by atoms with Crippen LogP contribution in [0.1, 0.15) is 25.8 Å². The Hall–Kier alpha value is -2.87. The quantitative estimate of drug-likeness (QED) is 0.755. The first-order valence-corrected chi connectivity index (χ1v) is 9.49. The molecule has 0 fully saturated rings. The van der Waals surface area contributed by atoms with Crippen molar-refractivity contribution >= 4 is 27.7 Å². The minimum Gasteiger partial charge on any atom is -0.379 e. The highest BCUT2D eigenvalue weighted by atomic mass is 32.2. The maximum atomic E-state index is 12.5. The third-order valence-corrected chi connectivity index (χ3v) is 4.74. The molecular weight excluding hydrogens is 356 g/mol. The molecule has 0 heterocycles. The molecule has 7 nitrogen and oxygen atoms in total. The van der Waals surface area contributed by atoms with Gasteiger partial charge in [-0.2, -0.15) is 8.42 Å². The fourth-order valence-corrected chi connectivity index (χ4v) is 3.16. The Labute approximate surface area is 152 Å². The molecule has 0 bridgehead atoms. The van der Waals surface area contributed by atoms with E-state index < -0.39 is 22.1 Å². The number of carbonyl (C=O) groups excluding carboxylic acids is 2. The van der Waals surface area contributed by atoms with E-state index in [-0.39, 0.29) is 22.8 Å². The van der Waals surface area contributed by atoms with E-state index in [2.05, 4.69) is 10.6 Å². The van der Waals surface area contributed by atoms with Gasteiger partial charge in [0.25, 0.3) is 0 Å². The Morgan fingerprint density at radius 2 is 1.77 bits per heavy atom. The summed E-state index contributed by atoms with van der Waals surface area (Å²) in [6.45, 7) is 3.51. The zero-order chi connectivity index (χ0) is 19.2.